The van der Waals surface area contributed by atoms with E-state index >= 15 is 0 Å². The average molecular weight is 250 g/mol. The number of anilines is 1. The average Bonchev–Trinajstić information content (AvgIpc) is 2.39. The second-order valence-electron chi connectivity index (χ2n) is 5.18. The molecule has 0 spiro atoms. The van der Waals surface area contributed by atoms with E-state index in [1.54, 1.807) is 6.07 Å². The number of hydrogen-bond donors (Lipinski definition) is 1. The number of piperidine rings is 1. The predicted octanol–water partition coefficient (Wildman–Crippen LogP) is 3.17. The molecule has 1 N–H and O–H groups in total. The molecule has 18 heavy (non-hydrogen) atoms. The molecule has 1 aromatic carbocycles. The first kappa shape index (κ1) is 13.3. The molecule has 1 saturated heterocycles. The summed E-state index contributed by atoms with van der Waals surface area (Å²) in [5.74, 6) is 0.634. The number of rotatable bonds is 4. The zero-order valence-corrected chi connectivity index (χ0v) is 11.4. The Morgan fingerprint density at radius 3 is 2.94 bits per heavy atom. The summed E-state index contributed by atoms with van der Waals surface area (Å²) in [4.78, 5) is 2.20. The summed E-state index contributed by atoms with van der Waals surface area (Å²) in [5, 5.41) is 3.05. The van der Waals surface area contributed by atoms with Gasteiger partial charge in [0.1, 0.15) is 5.82 Å². The quantitative estimate of drug-likeness (QED) is 0.883. The van der Waals surface area contributed by atoms with Gasteiger partial charge in [0.15, 0.2) is 0 Å². The lowest BCUT2D eigenvalue weighted by atomic mass is 9.95. The SMILES string of the molecule is CCC1CCCN(c2ccc(CNC)cc2F)C1. The van der Waals surface area contributed by atoms with Crippen molar-refractivity contribution in [2.75, 3.05) is 25.0 Å². The normalized spacial score (nSPS) is 20.2. The van der Waals surface area contributed by atoms with Crippen LogP contribution in [-0.4, -0.2) is 20.1 Å². The van der Waals surface area contributed by atoms with Gasteiger partial charge in [0.25, 0.3) is 0 Å². The van der Waals surface area contributed by atoms with Crippen molar-refractivity contribution < 1.29 is 4.39 Å². The van der Waals surface area contributed by atoms with Gasteiger partial charge in [0, 0.05) is 19.6 Å². The molecule has 1 aromatic rings. The number of benzene rings is 1. The Kier molecular flexibility index (Phi) is 4.59. The van der Waals surface area contributed by atoms with Crippen molar-refractivity contribution in [3.63, 3.8) is 0 Å². The lowest BCUT2D eigenvalue weighted by molar-refractivity contribution is 0.401. The molecule has 2 rings (SSSR count). The van der Waals surface area contributed by atoms with Gasteiger partial charge in [-0.1, -0.05) is 19.4 Å². The van der Waals surface area contributed by atoms with Crippen molar-refractivity contribution in [1.29, 1.82) is 0 Å². The molecular weight excluding hydrogens is 227 g/mol. The Morgan fingerprint density at radius 2 is 2.28 bits per heavy atom. The van der Waals surface area contributed by atoms with Crippen LogP contribution in [0, 0.1) is 11.7 Å². The molecule has 3 heteroatoms. The molecule has 0 aromatic heterocycles. The highest BCUT2D eigenvalue weighted by molar-refractivity contribution is 5.49. The van der Waals surface area contributed by atoms with Gasteiger partial charge in [-0.15, -0.1) is 0 Å². The van der Waals surface area contributed by atoms with E-state index in [1.165, 1.54) is 19.3 Å². The largest absolute Gasteiger partial charge is 0.369 e. The van der Waals surface area contributed by atoms with Gasteiger partial charge >= 0.3 is 0 Å². The molecule has 1 heterocycles. The minimum Gasteiger partial charge on any atom is -0.369 e. The molecule has 0 amide bonds. The van der Waals surface area contributed by atoms with Crippen molar-refractivity contribution >= 4 is 5.69 Å². The molecule has 2 nitrogen and oxygen atoms in total. The standard InChI is InChI=1S/C15H23FN2/c1-3-12-5-4-8-18(11-12)15-7-6-13(10-17-2)9-14(15)16/h6-7,9,12,17H,3-5,8,10-11H2,1-2H3. The van der Waals surface area contributed by atoms with Crippen molar-refractivity contribution in [1.82, 2.24) is 5.32 Å². The second-order valence-corrected chi connectivity index (χ2v) is 5.18. The van der Waals surface area contributed by atoms with Gasteiger partial charge in [0.2, 0.25) is 0 Å². The molecule has 0 bridgehead atoms. The predicted molar refractivity (Wildman–Crippen MR) is 74.4 cm³/mol. The lowest BCUT2D eigenvalue weighted by Gasteiger charge is -2.34. The molecule has 1 aliphatic heterocycles. The van der Waals surface area contributed by atoms with Crippen LogP contribution >= 0.6 is 0 Å². The Balaban J connectivity index is 2.12. The molecule has 1 fully saturated rings. The first-order valence-electron chi connectivity index (χ1n) is 6.92. The van der Waals surface area contributed by atoms with Gasteiger partial charge < -0.3 is 10.2 Å². The van der Waals surface area contributed by atoms with Gasteiger partial charge in [-0.25, -0.2) is 4.39 Å². The van der Waals surface area contributed by atoms with Crippen molar-refractivity contribution in [3.05, 3.63) is 29.6 Å². The van der Waals surface area contributed by atoms with Crippen molar-refractivity contribution in [2.45, 2.75) is 32.7 Å². The van der Waals surface area contributed by atoms with Crippen LogP contribution in [0.4, 0.5) is 10.1 Å². The number of hydrogen-bond acceptors (Lipinski definition) is 2. The van der Waals surface area contributed by atoms with Crippen LogP contribution in [0.2, 0.25) is 0 Å². The van der Waals surface area contributed by atoms with Crippen LogP contribution in [0.5, 0.6) is 0 Å². The summed E-state index contributed by atoms with van der Waals surface area (Å²) in [6.45, 7) is 4.92. The van der Waals surface area contributed by atoms with Gasteiger partial charge in [0.05, 0.1) is 5.69 Å². The maximum absolute atomic E-state index is 14.1. The number of nitrogens with one attached hydrogen (secondary N) is 1. The zero-order valence-electron chi connectivity index (χ0n) is 11.4. The molecule has 0 radical (unpaired) electrons. The topological polar surface area (TPSA) is 15.3 Å². The molecule has 1 aliphatic rings. The minimum absolute atomic E-state index is 0.0838. The second kappa shape index (κ2) is 6.19. The van der Waals surface area contributed by atoms with Crippen LogP contribution in [-0.2, 0) is 6.54 Å². The van der Waals surface area contributed by atoms with E-state index in [4.69, 9.17) is 0 Å². The minimum atomic E-state index is -0.0838. The summed E-state index contributed by atoms with van der Waals surface area (Å²) in [5.41, 5.74) is 1.77. The highest BCUT2D eigenvalue weighted by Gasteiger charge is 2.20. The van der Waals surface area contributed by atoms with Crippen LogP contribution in [0.15, 0.2) is 18.2 Å². The highest BCUT2D eigenvalue weighted by Crippen LogP contribution is 2.27. The Labute approximate surface area is 109 Å². The summed E-state index contributed by atoms with van der Waals surface area (Å²) in [6.07, 6.45) is 3.65. The smallest absolute Gasteiger partial charge is 0.146 e. The third-order valence-electron chi connectivity index (χ3n) is 3.83. The Morgan fingerprint density at radius 1 is 1.44 bits per heavy atom. The van der Waals surface area contributed by atoms with Gasteiger partial charge in [-0.3, -0.25) is 0 Å². The van der Waals surface area contributed by atoms with Crippen LogP contribution in [0.1, 0.15) is 31.7 Å². The van der Waals surface area contributed by atoms with E-state index in [1.807, 2.05) is 19.2 Å². The number of nitrogens with zero attached hydrogens (tertiary/aromatic N) is 1. The molecule has 0 aliphatic carbocycles. The summed E-state index contributed by atoms with van der Waals surface area (Å²) in [7, 11) is 1.88. The Hall–Kier alpha value is -1.09. The summed E-state index contributed by atoms with van der Waals surface area (Å²) >= 11 is 0. The lowest BCUT2D eigenvalue weighted by Crippen LogP contribution is -2.35. The molecule has 1 unspecified atom stereocenters. The van der Waals surface area contributed by atoms with Crippen LogP contribution in [0.3, 0.4) is 0 Å². The highest BCUT2D eigenvalue weighted by atomic mass is 19.1. The molecular formula is C15H23FN2. The fraction of sp³-hybridized carbons (Fsp3) is 0.600. The van der Waals surface area contributed by atoms with Gasteiger partial charge in [-0.05, 0) is 43.5 Å². The summed E-state index contributed by atoms with van der Waals surface area (Å²) < 4.78 is 14.1. The molecule has 100 valence electrons. The third kappa shape index (κ3) is 3.02. The molecule has 0 saturated carbocycles. The van der Waals surface area contributed by atoms with Crippen molar-refractivity contribution in [3.8, 4) is 0 Å². The van der Waals surface area contributed by atoms with E-state index in [9.17, 15) is 4.39 Å². The van der Waals surface area contributed by atoms with E-state index in [2.05, 4.69) is 17.1 Å². The maximum Gasteiger partial charge on any atom is 0.146 e. The maximum atomic E-state index is 14.1. The first-order valence-corrected chi connectivity index (χ1v) is 6.92. The van der Waals surface area contributed by atoms with E-state index < -0.39 is 0 Å². The van der Waals surface area contributed by atoms with E-state index in [0.717, 1.165) is 36.8 Å². The van der Waals surface area contributed by atoms with E-state index in [-0.39, 0.29) is 5.82 Å². The van der Waals surface area contributed by atoms with Gasteiger partial charge in [-0.2, -0.15) is 0 Å². The summed E-state index contributed by atoms with van der Waals surface area (Å²) in [6, 6.07) is 5.60. The fourth-order valence-electron chi connectivity index (χ4n) is 2.74. The fourth-order valence-corrected chi connectivity index (χ4v) is 2.74. The Bertz CT molecular complexity index is 392. The third-order valence-corrected chi connectivity index (χ3v) is 3.83. The van der Waals surface area contributed by atoms with Crippen molar-refractivity contribution in [2.24, 2.45) is 5.92 Å². The van der Waals surface area contributed by atoms with Crippen LogP contribution < -0.4 is 10.2 Å². The zero-order chi connectivity index (χ0) is 13.0. The monoisotopic (exact) mass is 250 g/mol. The molecule has 1 atom stereocenters. The first-order chi connectivity index (χ1) is 8.74. The van der Waals surface area contributed by atoms with Crippen LogP contribution in [0.25, 0.3) is 0 Å². The number of halogens is 1. The van der Waals surface area contributed by atoms with E-state index in [0.29, 0.717) is 0 Å².